The normalized spacial score (nSPS) is 12.0. The van der Waals surface area contributed by atoms with Crippen LogP contribution in [0, 0.1) is 5.82 Å². The number of carbonyl (C=O) groups excluding carboxylic acids is 1. The van der Waals surface area contributed by atoms with Gasteiger partial charge in [0.1, 0.15) is 5.82 Å². The summed E-state index contributed by atoms with van der Waals surface area (Å²) < 4.78 is 13.1. The number of nitrogen functional groups attached to an aromatic ring is 2. The average molecular weight is 343 g/mol. The Morgan fingerprint density at radius 2 is 1.95 bits per heavy atom. The van der Waals surface area contributed by atoms with Gasteiger partial charge in [0.15, 0.2) is 5.16 Å². The molecule has 0 aliphatic rings. The standard InChI is InChI=1S/C12H12ClFN6OS/c1-5(22-12-19-10(15)18-11(16)20-12)9(21)17-6-2-3-8(14)7(13)4-6/h2-5H,1H3,(H,17,21)(H4,15,16,18,19,20). The Kier molecular flexibility index (Phi) is 4.99. The van der Waals surface area contributed by atoms with Gasteiger partial charge in [-0.15, -0.1) is 0 Å². The second-order valence-electron chi connectivity index (χ2n) is 4.21. The van der Waals surface area contributed by atoms with E-state index in [0.29, 0.717) is 5.69 Å². The Morgan fingerprint density at radius 1 is 1.32 bits per heavy atom. The molecule has 1 heterocycles. The van der Waals surface area contributed by atoms with Gasteiger partial charge in [-0.1, -0.05) is 23.4 Å². The van der Waals surface area contributed by atoms with Gasteiger partial charge in [0.05, 0.1) is 10.3 Å². The lowest BCUT2D eigenvalue weighted by atomic mass is 10.3. The summed E-state index contributed by atoms with van der Waals surface area (Å²) in [6.07, 6.45) is 0. The zero-order chi connectivity index (χ0) is 16.3. The van der Waals surface area contributed by atoms with Crippen molar-refractivity contribution in [2.45, 2.75) is 17.3 Å². The van der Waals surface area contributed by atoms with E-state index in [-0.39, 0.29) is 28.0 Å². The second kappa shape index (κ2) is 6.75. The van der Waals surface area contributed by atoms with Crippen molar-refractivity contribution >= 4 is 46.9 Å². The van der Waals surface area contributed by atoms with Gasteiger partial charge < -0.3 is 16.8 Å². The van der Waals surface area contributed by atoms with Crippen LogP contribution in [-0.4, -0.2) is 26.1 Å². The number of benzene rings is 1. The Bertz CT molecular complexity index is 696. The number of nitrogens with one attached hydrogen (secondary N) is 1. The minimum absolute atomic E-state index is 0.0204. The number of halogens is 2. The minimum Gasteiger partial charge on any atom is -0.368 e. The number of amides is 1. The van der Waals surface area contributed by atoms with E-state index in [0.717, 1.165) is 11.8 Å². The van der Waals surface area contributed by atoms with E-state index in [9.17, 15) is 9.18 Å². The van der Waals surface area contributed by atoms with Crippen molar-refractivity contribution in [3.8, 4) is 0 Å². The van der Waals surface area contributed by atoms with Crippen LogP contribution < -0.4 is 16.8 Å². The van der Waals surface area contributed by atoms with Crippen molar-refractivity contribution in [2.75, 3.05) is 16.8 Å². The zero-order valence-electron chi connectivity index (χ0n) is 11.4. The predicted octanol–water partition coefficient (Wildman–Crippen LogP) is 1.95. The highest BCUT2D eigenvalue weighted by atomic mass is 35.5. The lowest BCUT2D eigenvalue weighted by Gasteiger charge is -2.11. The van der Waals surface area contributed by atoms with E-state index < -0.39 is 11.1 Å². The fraction of sp³-hybridized carbons (Fsp3) is 0.167. The molecular formula is C12H12ClFN6OS. The number of carbonyl (C=O) groups is 1. The van der Waals surface area contributed by atoms with Crippen LogP contribution in [0.15, 0.2) is 23.4 Å². The van der Waals surface area contributed by atoms with Crippen molar-refractivity contribution in [2.24, 2.45) is 0 Å². The summed E-state index contributed by atoms with van der Waals surface area (Å²) in [7, 11) is 0. The summed E-state index contributed by atoms with van der Waals surface area (Å²) in [6.45, 7) is 1.65. The van der Waals surface area contributed by atoms with Gasteiger partial charge >= 0.3 is 0 Å². The van der Waals surface area contributed by atoms with Crippen LogP contribution in [0.5, 0.6) is 0 Å². The summed E-state index contributed by atoms with van der Waals surface area (Å²) in [5.41, 5.74) is 11.3. The molecule has 7 nitrogen and oxygen atoms in total. The number of nitrogens with two attached hydrogens (primary N) is 2. The van der Waals surface area contributed by atoms with Crippen molar-refractivity contribution in [1.82, 2.24) is 15.0 Å². The number of thioether (sulfide) groups is 1. The van der Waals surface area contributed by atoms with E-state index in [1.165, 1.54) is 18.2 Å². The molecule has 1 unspecified atom stereocenters. The molecule has 0 fully saturated rings. The third-order valence-electron chi connectivity index (χ3n) is 2.49. The maximum Gasteiger partial charge on any atom is 0.237 e. The molecule has 10 heteroatoms. The number of aromatic nitrogens is 3. The first-order valence-electron chi connectivity index (χ1n) is 6.04. The SMILES string of the molecule is CC(Sc1nc(N)nc(N)n1)C(=O)Nc1ccc(F)c(Cl)c1. The monoisotopic (exact) mass is 342 g/mol. The maximum atomic E-state index is 13.1. The van der Waals surface area contributed by atoms with Crippen LogP contribution in [0.1, 0.15) is 6.92 Å². The van der Waals surface area contributed by atoms with Gasteiger partial charge in [0.25, 0.3) is 0 Å². The van der Waals surface area contributed by atoms with E-state index in [2.05, 4.69) is 20.3 Å². The molecule has 1 atom stereocenters. The van der Waals surface area contributed by atoms with Crippen molar-refractivity contribution < 1.29 is 9.18 Å². The van der Waals surface area contributed by atoms with E-state index in [1.54, 1.807) is 6.92 Å². The fourth-order valence-electron chi connectivity index (χ4n) is 1.47. The summed E-state index contributed by atoms with van der Waals surface area (Å²) in [5.74, 6) is -0.927. The summed E-state index contributed by atoms with van der Waals surface area (Å²) in [4.78, 5) is 23.5. The Balaban J connectivity index is 2.04. The molecule has 1 amide bonds. The van der Waals surface area contributed by atoms with Gasteiger partial charge in [-0.05, 0) is 25.1 Å². The van der Waals surface area contributed by atoms with Crippen molar-refractivity contribution in [3.05, 3.63) is 29.0 Å². The lowest BCUT2D eigenvalue weighted by molar-refractivity contribution is -0.115. The zero-order valence-corrected chi connectivity index (χ0v) is 13.0. The smallest absolute Gasteiger partial charge is 0.237 e. The van der Waals surface area contributed by atoms with E-state index in [1.807, 2.05) is 0 Å². The van der Waals surface area contributed by atoms with Gasteiger partial charge in [-0.3, -0.25) is 4.79 Å². The summed E-state index contributed by atoms with van der Waals surface area (Å²) >= 11 is 6.72. The Labute approximate surface area is 134 Å². The number of hydrogen-bond acceptors (Lipinski definition) is 7. The van der Waals surface area contributed by atoms with Crippen LogP contribution in [0.25, 0.3) is 0 Å². The van der Waals surface area contributed by atoms with Gasteiger partial charge in [0.2, 0.25) is 17.8 Å². The lowest BCUT2D eigenvalue weighted by Crippen LogP contribution is -2.23. The predicted molar refractivity (Wildman–Crippen MR) is 84.0 cm³/mol. The van der Waals surface area contributed by atoms with E-state index >= 15 is 0 Å². The number of rotatable bonds is 4. The molecule has 5 N–H and O–H groups in total. The molecule has 0 aliphatic heterocycles. The number of hydrogen-bond donors (Lipinski definition) is 3. The minimum atomic E-state index is -0.557. The Hall–Kier alpha value is -2.13. The summed E-state index contributed by atoms with van der Waals surface area (Å²) in [5, 5.41) is 2.25. The van der Waals surface area contributed by atoms with Crippen molar-refractivity contribution in [3.63, 3.8) is 0 Å². The molecule has 1 aromatic carbocycles. The molecule has 0 bridgehead atoms. The molecule has 0 spiro atoms. The third-order valence-corrected chi connectivity index (χ3v) is 3.74. The van der Waals surface area contributed by atoms with Crippen LogP contribution in [0.4, 0.5) is 22.0 Å². The molecule has 116 valence electrons. The highest BCUT2D eigenvalue weighted by Gasteiger charge is 2.17. The van der Waals surface area contributed by atoms with Crippen LogP contribution in [-0.2, 0) is 4.79 Å². The maximum absolute atomic E-state index is 13.1. The van der Waals surface area contributed by atoms with E-state index in [4.69, 9.17) is 23.1 Å². The highest BCUT2D eigenvalue weighted by molar-refractivity contribution is 8.00. The second-order valence-corrected chi connectivity index (χ2v) is 5.93. The van der Waals surface area contributed by atoms with Gasteiger partial charge in [0, 0.05) is 5.69 Å². The van der Waals surface area contributed by atoms with Gasteiger partial charge in [-0.25, -0.2) is 4.39 Å². The number of anilines is 3. The van der Waals surface area contributed by atoms with Crippen LogP contribution in [0.3, 0.4) is 0 Å². The first kappa shape index (κ1) is 16.2. The molecule has 1 aromatic heterocycles. The molecule has 0 saturated carbocycles. The molecule has 2 rings (SSSR count). The number of nitrogens with zero attached hydrogens (tertiary/aromatic N) is 3. The molecule has 0 aliphatic carbocycles. The molecular weight excluding hydrogens is 331 g/mol. The fourth-order valence-corrected chi connectivity index (χ4v) is 2.43. The first-order valence-corrected chi connectivity index (χ1v) is 7.30. The average Bonchev–Trinajstić information content (AvgIpc) is 2.41. The van der Waals surface area contributed by atoms with Crippen molar-refractivity contribution in [1.29, 1.82) is 0 Å². The topological polar surface area (TPSA) is 120 Å². The van der Waals surface area contributed by atoms with Gasteiger partial charge in [-0.2, -0.15) is 15.0 Å². The molecule has 2 aromatic rings. The highest BCUT2D eigenvalue weighted by Crippen LogP contribution is 2.23. The summed E-state index contributed by atoms with van der Waals surface area (Å²) in [6, 6.07) is 3.91. The quantitative estimate of drug-likeness (QED) is 0.726. The molecule has 22 heavy (non-hydrogen) atoms. The van der Waals surface area contributed by atoms with Crippen LogP contribution in [0.2, 0.25) is 5.02 Å². The first-order chi connectivity index (χ1) is 10.3. The largest absolute Gasteiger partial charge is 0.368 e. The Morgan fingerprint density at radius 3 is 2.55 bits per heavy atom. The molecule has 0 radical (unpaired) electrons. The third kappa shape index (κ3) is 4.18. The van der Waals surface area contributed by atoms with Crippen LogP contribution >= 0.6 is 23.4 Å². The molecule has 0 saturated heterocycles.